The molecule has 2 bridgehead atoms. The van der Waals surface area contributed by atoms with Gasteiger partial charge in [-0.3, -0.25) is 4.79 Å². The van der Waals surface area contributed by atoms with E-state index in [0.717, 1.165) is 38.5 Å². The zero-order valence-electron chi connectivity index (χ0n) is 11.0. The third kappa shape index (κ3) is 2.05. The average Bonchev–Trinajstić information content (AvgIpc) is 3.01. The van der Waals surface area contributed by atoms with Crippen molar-refractivity contribution in [1.82, 2.24) is 5.32 Å². The summed E-state index contributed by atoms with van der Waals surface area (Å²) in [6.45, 7) is 0.487. The highest BCUT2D eigenvalue weighted by atomic mass is 16.5. The molecule has 2 heterocycles. The molecule has 0 aromatic rings. The van der Waals surface area contributed by atoms with Crippen LogP contribution in [0.2, 0.25) is 0 Å². The van der Waals surface area contributed by atoms with Crippen molar-refractivity contribution >= 4 is 5.91 Å². The minimum Gasteiger partial charge on any atom is -0.373 e. The molecular weight excluding hydrogens is 228 g/mol. The van der Waals surface area contributed by atoms with Gasteiger partial charge in [0.25, 0.3) is 0 Å². The molecule has 1 aliphatic carbocycles. The Bertz CT molecular complexity index is 326. The predicted molar refractivity (Wildman–Crippen MR) is 69.0 cm³/mol. The lowest BCUT2D eigenvalue weighted by Gasteiger charge is -2.36. The average molecular weight is 252 g/mol. The maximum atomic E-state index is 12.5. The number of ether oxygens (including phenoxy) is 1. The van der Waals surface area contributed by atoms with Crippen LogP contribution < -0.4 is 11.1 Å². The summed E-state index contributed by atoms with van der Waals surface area (Å²) < 4.78 is 5.79. The summed E-state index contributed by atoms with van der Waals surface area (Å²) in [4.78, 5) is 12.5. The van der Waals surface area contributed by atoms with E-state index in [-0.39, 0.29) is 23.5 Å². The smallest absolute Gasteiger partial charge is 0.227 e. The van der Waals surface area contributed by atoms with Crippen molar-refractivity contribution in [1.29, 1.82) is 0 Å². The minimum absolute atomic E-state index is 0.186. The van der Waals surface area contributed by atoms with Crippen LogP contribution >= 0.6 is 0 Å². The highest BCUT2D eigenvalue weighted by molar-refractivity contribution is 5.83. The van der Waals surface area contributed by atoms with E-state index in [1.807, 2.05) is 0 Å². The molecule has 3 N–H and O–H groups in total. The second-order valence-electron chi connectivity index (χ2n) is 6.23. The van der Waals surface area contributed by atoms with Crippen LogP contribution in [0.25, 0.3) is 0 Å². The summed E-state index contributed by atoms with van der Waals surface area (Å²) in [5.41, 5.74) is 5.61. The molecule has 3 atom stereocenters. The van der Waals surface area contributed by atoms with Crippen molar-refractivity contribution in [2.45, 2.75) is 69.6 Å². The van der Waals surface area contributed by atoms with Crippen LogP contribution in [0.1, 0.15) is 51.4 Å². The van der Waals surface area contributed by atoms with Crippen molar-refractivity contribution in [2.75, 3.05) is 6.54 Å². The summed E-state index contributed by atoms with van der Waals surface area (Å²) in [5.74, 6) is 0.186. The first kappa shape index (κ1) is 12.4. The van der Waals surface area contributed by atoms with E-state index in [4.69, 9.17) is 10.5 Å². The molecule has 2 aliphatic heterocycles. The van der Waals surface area contributed by atoms with E-state index in [1.165, 1.54) is 12.8 Å². The summed E-state index contributed by atoms with van der Waals surface area (Å²) in [6, 6.07) is 0.238. The van der Waals surface area contributed by atoms with Crippen LogP contribution in [-0.2, 0) is 9.53 Å². The molecule has 3 aliphatic rings. The van der Waals surface area contributed by atoms with E-state index in [9.17, 15) is 4.79 Å². The lowest BCUT2D eigenvalue weighted by molar-refractivity contribution is -0.133. The fourth-order valence-electron chi connectivity index (χ4n) is 3.86. The first-order chi connectivity index (χ1) is 8.73. The Kier molecular flexibility index (Phi) is 3.32. The van der Waals surface area contributed by atoms with Gasteiger partial charge in [-0.25, -0.2) is 0 Å². The molecule has 0 aromatic carbocycles. The lowest BCUT2D eigenvalue weighted by atomic mass is 9.73. The van der Waals surface area contributed by atoms with Crippen molar-refractivity contribution in [3.63, 3.8) is 0 Å². The summed E-state index contributed by atoms with van der Waals surface area (Å²) in [5, 5.41) is 3.23. The van der Waals surface area contributed by atoms with Gasteiger partial charge in [-0.1, -0.05) is 19.3 Å². The number of amides is 1. The molecule has 1 saturated carbocycles. The lowest BCUT2D eigenvalue weighted by Crippen LogP contribution is -2.52. The maximum absolute atomic E-state index is 12.5. The molecule has 18 heavy (non-hydrogen) atoms. The van der Waals surface area contributed by atoms with Gasteiger partial charge in [0, 0.05) is 6.54 Å². The Morgan fingerprint density at radius 1 is 1.28 bits per heavy atom. The van der Waals surface area contributed by atoms with E-state index in [0.29, 0.717) is 12.6 Å². The highest BCUT2D eigenvalue weighted by Gasteiger charge is 2.45. The van der Waals surface area contributed by atoms with Crippen LogP contribution in [0.15, 0.2) is 0 Å². The van der Waals surface area contributed by atoms with E-state index < -0.39 is 0 Å². The number of nitrogens with two attached hydrogens (primary N) is 1. The Labute approximate surface area is 109 Å². The molecule has 0 aromatic heterocycles. The van der Waals surface area contributed by atoms with Gasteiger partial charge in [0.15, 0.2) is 0 Å². The van der Waals surface area contributed by atoms with Crippen molar-refractivity contribution in [3.8, 4) is 0 Å². The number of carbonyl (C=O) groups excluding carboxylic acids is 1. The van der Waals surface area contributed by atoms with E-state index in [2.05, 4.69) is 5.32 Å². The molecule has 4 heteroatoms. The molecule has 2 saturated heterocycles. The zero-order valence-corrected chi connectivity index (χ0v) is 11.0. The summed E-state index contributed by atoms with van der Waals surface area (Å²) >= 11 is 0. The Morgan fingerprint density at radius 2 is 2.06 bits per heavy atom. The van der Waals surface area contributed by atoms with Crippen LogP contribution in [0.3, 0.4) is 0 Å². The number of carbonyl (C=O) groups is 1. The van der Waals surface area contributed by atoms with E-state index >= 15 is 0 Å². The van der Waals surface area contributed by atoms with Crippen LogP contribution in [0.4, 0.5) is 0 Å². The summed E-state index contributed by atoms with van der Waals surface area (Å²) in [7, 11) is 0. The third-order valence-corrected chi connectivity index (χ3v) is 5.11. The van der Waals surface area contributed by atoms with Gasteiger partial charge in [-0.05, 0) is 32.1 Å². The maximum Gasteiger partial charge on any atom is 0.227 e. The second kappa shape index (κ2) is 4.82. The van der Waals surface area contributed by atoms with Gasteiger partial charge in [0.2, 0.25) is 5.91 Å². The normalized spacial score (nSPS) is 37.7. The summed E-state index contributed by atoms with van der Waals surface area (Å²) in [6.07, 6.45) is 9.34. The number of rotatable bonds is 3. The van der Waals surface area contributed by atoms with Crippen molar-refractivity contribution < 1.29 is 9.53 Å². The third-order valence-electron chi connectivity index (χ3n) is 5.11. The number of fused-ring (bicyclic) bond motifs is 2. The Balaban J connectivity index is 1.63. The van der Waals surface area contributed by atoms with Crippen LogP contribution in [0, 0.1) is 5.41 Å². The van der Waals surface area contributed by atoms with Crippen molar-refractivity contribution in [2.24, 2.45) is 11.1 Å². The van der Waals surface area contributed by atoms with Gasteiger partial charge in [-0.2, -0.15) is 0 Å². The predicted octanol–water partition coefficient (Wildman–Crippen LogP) is 1.33. The van der Waals surface area contributed by atoms with Gasteiger partial charge in [0.1, 0.15) is 0 Å². The molecule has 0 radical (unpaired) electrons. The first-order valence-electron chi connectivity index (χ1n) is 7.40. The van der Waals surface area contributed by atoms with Gasteiger partial charge < -0.3 is 15.8 Å². The fourth-order valence-corrected chi connectivity index (χ4v) is 3.86. The number of hydrogen-bond donors (Lipinski definition) is 2. The molecule has 0 spiro atoms. The number of hydrogen-bond acceptors (Lipinski definition) is 3. The Hall–Kier alpha value is -0.610. The number of nitrogens with one attached hydrogen (secondary N) is 1. The van der Waals surface area contributed by atoms with E-state index in [1.54, 1.807) is 0 Å². The zero-order chi connectivity index (χ0) is 12.6. The topological polar surface area (TPSA) is 64.4 Å². The second-order valence-corrected chi connectivity index (χ2v) is 6.23. The largest absolute Gasteiger partial charge is 0.373 e. The van der Waals surface area contributed by atoms with Gasteiger partial charge in [-0.15, -0.1) is 0 Å². The van der Waals surface area contributed by atoms with Crippen molar-refractivity contribution in [3.05, 3.63) is 0 Å². The van der Waals surface area contributed by atoms with Gasteiger partial charge >= 0.3 is 0 Å². The SMILES string of the molecule is NCC1(C(=O)NC2CC3CCC2O3)CCCCC1. The fraction of sp³-hybridized carbons (Fsp3) is 0.929. The molecule has 102 valence electrons. The van der Waals surface area contributed by atoms with Gasteiger partial charge in [0.05, 0.1) is 23.7 Å². The molecule has 4 nitrogen and oxygen atoms in total. The molecular formula is C14H24N2O2. The molecule has 1 amide bonds. The molecule has 3 fully saturated rings. The highest BCUT2D eigenvalue weighted by Crippen LogP contribution is 2.38. The quantitative estimate of drug-likeness (QED) is 0.796. The minimum atomic E-state index is -0.292. The monoisotopic (exact) mass is 252 g/mol. The standard InChI is InChI=1S/C14H24N2O2/c15-9-14(6-2-1-3-7-14)13(17)16-11-8-10-4-5-12(11)18-10/h10-12H,1-9,15H2,(H,16,17). The Morgan fingerprint density at radius 3 is 2.61 bits per heavy atom. The first-order valence-corrected chi connectivity index (χ1v) is 7.40. The molecule has 3 unspecified atom stereocenters. The van der Waals surface area contributed by atoms with Crippen LogP contribution in [-0.4, -0.2) is 30.7 Å². The van der Waals surface area contributed by atoms with Crippen LogP contribution in [0.5, 0.6) is 0 Å². The molecule has 3 rings (SSSR count).